The van der Waals surface area contributed by atoms with Crippen LogP contribution >= 0.6 is 12.4 Å². The van der Waals surface area contributed by atoms with Crippen molar-refractivity contribution in [1.82, 2.24) is 5.32 Å². The topological polar surface area (TPSA) is 50.4 Å². The number of carbonyl (C=O) groups excluding carboxylic acids is 1. The van der Waals surface area contributed by atoms with E-state index in [0.29, 0.717) is 11.5 Å². The van der Waals surface area contributed by atoms with Gasteiger partial charge >= 0.3 is 0 Å². The van der Waals surface area contributed by atoms with E-state index in [1.54, 1.807) is 24.3 Å². The molecule has 1 atom stereocenters. The number of rotatable bonds is 4. The van der Waals surface area contributed by atoms with Gasteiger partial charge in [-0.1, -0.05) is 24.3 Å². The van der Waals surface area contributed by atoms with E-state index in [-0.39, 0.29) is 35.3 Å². The molecule has 6 heteroatoms. The monoisotopic (exact) mass is 376 g/mol. The molecule has 1 saturated heterocycles. The average Bonchev–Trinajstić information content (AvgIpc) is 3.32. The molecule has 1 aliphatic heterocycles. The molecule has 2 aromatic rings. The molecule has 4 nitrogen and oxygen atoms in total. The molecule has 1 saturated carbocycles. The van der Waals surface area contributed by atoms with Crippen LogP contribution < -0.4 is 15.4 Å². The van der Waals surface area contributed by atoms with Crippen LogP contribution in [0.3, 0.4) is 0 Å². The molecule has 0 bridgehead atoms. The van der Waals surface area contributed by atoms with Crippen molar-refractivity contribution in [2.24, 2.45) is 11.3 Å². The highest BCUT2D eigenvalue weighted by Gasteiger charge is 2.57. The van der Waals surface area contributed by atoms with Crippen LogP contribution in [0.1, 0.15) is 19.3 Å². The predicted molar refractivity (Wildman–Crippen MR) is 101 cm³/mol. The number of ether oxygens (including phenoxy) is 1. The van der Waals surface area contributed by atoms with Crippen LogP contribution in [0.15, 0.2) is 48.5 Å². The number of anilines is 1. The van der Waals surface area contributed by atoms with Crippen molar-refractivity contribution in [3.63, 3.8) is 0 Å². The lowest BCUT2D eigenvalue weighted by atomic mass is 9.92. The van der Waals surface area contributed by atoms with Crippen LogP contribution in [0.5, 0.6) is 11.5 Å². The third-order valence-corrected chi connectivity index (χ3v) is 5.30. The van der Waals surface area contributed by atoms with Crippen molar-refractivity contribution < 1.29 is 13.9 Å². The van der Waals surface area contributed by atoms with Gasteiger partial charge < -0.3 is 15.4 Å². The summed E-state index contributed by atoms with van der Waals surface area (Å²) in [5, 5.41) is 6.10. The molecule has 0 aromatic heterocycles. The first-order chi connectivity index (χ1) is 12.2. The molecule has 2 fully saturated rings. The lowest BCUT2D eigenvalue weighted by molar-refractivity contribution is -0.118. The SMILES string of the molecule is Cl.O=C(Nc1c(F)cccc1Oc1ccccc1)C1CC12CCNCC2. The van der Waals surface area contributed by atoms with E-state index in [1.165, 1.54) is 6.07 Å². The minimum atomic E-state index is -0.484. The first-order valence-corrected chi connectivity index (χ1v) is 8.71. The summed E-state index contributed by atoms with van der Waals surface area (Å²) >= 11 is 0. The minimum absolute atomic E-state index is 0. The van der Waals surface area contributed by atoms with Gasteiger partial charge in [-0.15, -0.1) is 12.4 Å². The van der Waals surface area contributed by atoms with Gasteiger partial charge in [0, 0.05) is 5.92 Å². The lowest BCUT2D eigenvalue weighted by Crippen LogP contribution is -2.31. The Bertz CT molecular complexity index is 779. The third-order valence-electron chi connectivity index (χ3n) is 5.30. The van der Waals surface area contributed by atoms with Crippen molar-refractivity contribution in [3.05, 3.63) is 54.3 Å². The standard InChI is InChI=1S/C20H21FN2O2.ClH/c21-16-7-4-8-17(25-14-5-2-1-3-6-14)18(16)23-19(24)15-13-20(15)9-11-22-12-10-20;/h1-8,15,22H,9-13H2,(H,23,24);1H. The Morgan fingerprint density at radius 2 is 1.85 bits per heavy atom. The zero-order valence-corrected chi connectivity index (χ0v) is 15.2. The Balaban J connectivity index is 0.00000196. The summed E-state index contributed by atoms with van der Waals surface area (Å²) < 4.78 is 20.1. The van der Waals surface area contributed by atoms with E-state index < -0.39 is 5.82 Å². The Hall–Kier alpha value is -2.11. The van der Waals surface area contributed by atoms with E-state index in [9.17, 15) is 9.18 Å². The maximum absolute atomic E-state index is 14.3. The van der Waals surface area contributed by atoms with Crippen LogP contribution in [0, 0.1) is 17.2 Å². The fraction of sp³-hybridized carbons (Fsp3) is 0.350. The molecule has 1 spiro atoms. The van der Waals surface area contributed by atoms with Gasteiger partial charge in [0.1, 0.15) is 11.4 Å². The van der Waals surface area contributed by atoms with Gasteiger partial charge in [-0.05, 0) is 62.0 Å². The van der Waals surface area contributed by atoms with E-state index in [2.05, 4.69) is 10.6 Å². The lowest BCUT2D eigenvalue weighted by Gasteiger charge is -2.23. The van der Waals surface area contributed by atoms with Gasteiger partial charge in [0.15, 0.2) is 11.6 Å². The molecule has 2 aromatic carbocycles. The largest absolute Gasteiger partial charge is 0.455 e. The van der Waals surface area contributed by atoms with E-state index in [0.717, 1.165) is 32.4 Å². The quantitative estimate of drug-likeness (QED) is 0.833. The Kier molecular flexibility index (Phi) is 5.49. The Morgan fingerprint density at radius 3 is 2.58 bits per heavy atom. The van der Waals surface area contributed by atoms with Crippen molar-refractivity contribution in [1.29, 1.82) is 0 Å². The zero-order valence-electron chi connectivity index (χ0n) is 14.3. The number of para-hydroxylation sites is 2. The van der Waals surface area contributed by atoms with Crippen molar-refractivity contribution >= 4 is 24.0 Å². The van der Waals surface area contributed by atoms with E-state index in [4.69, 9.17) is 4.74 Å². The highest BCUT2D eigenvalue weighted by Crippen LogP contribution is 2.59. The molecule has 1 amide bonds. The first-order valence-electron chi connectivity index (χ1n) is 8.71. The molecular formula is C20H22ClFN2O2. The van der Waals surface area contributed by atoms with Crippen LogP contribution in [0.2, 0.25) is 0 Å². The van der Waals surface area contributed by atoms with Crippen molar-refractivity contribution in [3.8, 4) is 11.5 Å². The second-order valence-corrected chi connectivity index (χ2v) is 6.89. The smallest absolute Gasteiger partial charge is 0.228 e. The minimum Gasteiger partial charge on any atom is -0.455 e. The summed E-state index contributed by atoms with van der Waals surface area (Å²) in [5.41, 5.74) is 0.230. The maximum Gasteiger partial charge on any atom is 0.228 e. The second kappa shape index (κ2) is 7.64. The molecule has 26 heavy (non-hydrogen) atoms. The third kappa shape index (κ3) is 3.69. The number of hydrogen-bond donors (Lipinski definition) is 2. The highest BCUT2D eigenvalue weighted by molar-refractivity contribution is 5.96. The number of amides is 1. The summed E-state index contributed by atoms with van der Waals surface area (Å²) in [5.74, 6) is 0.301. The van der Waals surface area contributed by atoms with Gasteiger partial charge in [-0.2, -0.15) is 0 Å². The number of hydrogen-bond acceptors (Lipinski definition) is 3. The highest BCUT2D eigenvalue weighted by atomic mass is 35.5. The van der Waals surface area contributed by atoms with Crippen LogP contribution in [0.4, 0.5) is 10.1 Å². The molecule has 0 radical (unpaired) electrons. The number of piperidine rings is 1. The second-order valence-electron chi connectivity index (χ2n) is 6.89. The van der Waals surface area contributed by atoms with Gasteiger partial charge in [0.05, 0.1) is 0 Å². The van der Waals surface area contributed by atoms with Crippen molar-refractivity contribution in [2.75, 3.05) is 18.4 Å². The number of carbonyl (C=O) groups is 1. The van der Waals surface area contributed by atoms with E-state index in [1.807, 2.05) is 18.2 Å². The molecule has 138 valence electrons. The average molecular weight is 377 g/mol. The molecule has 4 rings (SSSR count). The van der Waals surface area contributed by atoms with Gasteiger partial charge in [-0.3, -0.25) is 4.79 Å². The van der Waals surface area contributed by atoms with E-state index >= 15 is 0 Å². The molecule has 1 unspecified atom stereocenters. The van der Waals surface area contributed by atoms with Gasteiger partial charge in [0.25, 0.3) is 0 Å². The predicted octanol–water partition coefficient (Wildman–Crippen LogP) is 4.37. The summed E-state index contributed by atoms with van der Waals surface area (Å²) in [6.07, 6.45) is 2.91. The molecule has 1 heterocycles. The first kappa shape index (κ1) is 18.7. The van der Waals surface area contributed by atoms with Crippen molar-refractivity contribution in [2.45, 2.75) is 19.3 Å². The normalized spacial score (nSPS) is 20.1. The maximum atomic E-state index is 14.3. The Labute approximate surface area is 158 Å². The fourth-order valence-corrected chi connectivity index (χ4v) is 3.73. The summed E-state index contributed by atoms with van der Waals surface area (Å²) in [7, 11) is 0. The van der Waals surface area contributed by atoms with Gasteiger partial charge in [-0.25, -0.2) is 4.39 Å². The van der Waals surface area contributed by atoms with Gasteiger partial charge in [0.2, 0.25) is 5.91 Å². The molecule has 1 aliphatic carbocycles. The summed E-state index contributed by atoms with van der Waals surface area (Å²) in [4.78, 5) is 12.7. The zero-order chi connectivity index (χ0) is 17.3. The van der Waals surface area contributed by atoms with Crippen LogP contribution in [0.25, 0.3) is 0 Å². The fourth-order valence-electron chi connectivity index (χ4n) is 3.73. The summed E-state index contributed by atoms with van der Waals surface area (Å²) in [6.45, 7) is 1.90. The number of halogens is 2. The van der Waals surface area contributed by atoms with Crippen LogP contribution in [-0.4, -0.2) is 19.0 Å². The number of nitrogens with one attached hydrogen (secondary N) is 2. The molecular weight excluding hydrogens is 355 g/mol. The van der Waals surface area contributed by atoms with Crippen LogP contribution in [-0.2, 0) is 4.79 Å². The molecule has 2 N–H and O–H groups in total. The molecule has 2 aliphatic rings. The number of benzene rings is 2. The summed E-state index contributed by atoms with van der Waals surface area (Å²) in [6, 6.07) is 13.7. The Morgan fingerprint density at radius 1 is 1.12 bits per heavy atom.